The van der Waals surface area contributed by atoms with Gasteiger partial charge in [-0.1, -0.05) is 13.8 Å². The van der Waals surface area contributed by atoms with Crippen LogP contribution in [0.25, 0.3) is 0 Å². The summed E-state index contributed by atoms with van der Waals surface area (Å²) in [5, 5.41) is 11.5. The molecule has 2 rings (SSSR count). The van der Waals surface area contributed by atoms with Gasteiger partial charge >= 0.3 is 0 Å². The zero-order valence-electron chi connectivity index (χ0n) is 12.4. The summed E-state index contributed by atoms with van der Waals surface area (Å²) in [6.07, 6.45) is 1.73. The molecule has 20 heavy (non-hydrogen) atoms. The highest BCUT2D eigenvalue weighted by Gasteiger charge is 2.29. The van der Waals surface area contributed by atoms with Crippen LogP contribution < -0.4 is 16.0 Å². The highest BCUT2D eigenvalue weighted by atomic mass is 16.2. The summed E-state index contributed by atoms with van der Waals surface area (Å²) in [7, 11) is 0. The lowest BCUT2D eigenvalue weighted by molar-refractivity contribution is -0.122. The molecule has 1 amide bonds. The fourth-order valence-corrected chi connectivity index (χ4v) is 2.76. The van der Waals surface area contributed by atoms with Crippen molar-refractivity contribution < 1.29 is 4.79 Å². The molecule has 1 aliphatic rings. The van der Waals surface area contributed by atoms with Gasteiger partial charge in [0.15, 0.2) is 5.82 Å². The van der Waals surface area contributed by atoms with Gasteiger partial charge in [-0.3, -0.25) is 4.79 Å². The number of nitrogens with two attached hydrogens (primary N) is 1. The van der Waals surface area contributed by atoms with Crippen LogP contribution >= 0.6 is 0 Å². The van der Waals surface area contributed by atoms with Gasteiger partial charge in [0.2, 0.25) is 5.91 Å². The summed E-state index contributed by atoms with van der Waals surface area (Å²) in [6.45, 7) is 7.85. The van der Waals surface area contributed by atoms with Gasteiger partial charge in [-0.25, -0.2) is 0 Å². The van der Waals surface area contributed by atoms with Crippen molar-refractivity contribution in [2.75, 3.05) is 18.0 Å². The maximum Gasteiger partial charge on any atom is 0.242 e. The molecule has 1 atom stereocenters. The second-order valence-electron chi connectivity index (χ2n) is 5.00. The maximum atomic E-state index is 11.8. The van der Waals surface area contributed by atoms with Crippen LogP contribution in [-0.2, 0) is 24.2 Å². The fraction of sp³-hybridized carbons (Fsp3) is 0.643. The minimum absolute atomic E-state index is 0.0265. The van der Waals surface area contributed by atoms with E-state index < -0.39 is 0 Å². The highest BCUT2D eigenvalue weighted by Crippen LogP contribution is 2.25. The molecule has 1 unspecified atom stereocenters. The van der Waals surface area contributed by atoms with Crippen molar-refractivity contribution in [1.29, 1.82) is 0 Å². The quantitative estimate of drug-likeness (QED) is 0.831. The third-order valence-electron chi connectivity index (χ3n) is 3.91. The predicted octanol–water partition coefficient (Wildman–Crippen LogP) is 0.385. The van der Waals surface area contributed by atoms with Gasteiger partial charge in [-0.05, 0) is 25.3 Å². The number of piperazine rings is 1. The van der Waals surface area contributed by atoms with E-state index in [0.29, 0.717) is 13.1 Å². The summed E-state index contributed by atoms with van der Waals surface area (Å²) in [5.41, 5.74) is 9.16. The smallest absolute Gasteiger partial charge is 0.242 e. The van der Waals surface area contributed by atoms with E-state index in [1.165, 1.54) is 5.56 Å². The SMILES string of the molecule is CCc1nnc(N2CCNC(=O)C2C)c(CN)c1CC. The Morgan fingerprint density at radius 1 is 1.30 bits per heavy atom. The molecule has 110 valence electrons. The van der Waals surface area contributed by atoms with Gasteiger partial charge in [-0.2, -0.15) is 5.10 Å². The second kappa shape index (κ2) is 6.17. The second-order valence-corrected chi connectivity index (χ2v) is 5.00. The van der Waals surface area contributed by atoms with Crippen LogP contribution in [0.15, 0.2) is 0 Å². The summed E-state index contributed by atoms with van der Waals surface area (Å²) in [5.74, 6) is 0.794. The molecule has 0 aliphatic carbocycles. The van der Waals surface area contributed by atoms with Crippen LogP contribution in [0, 0.1) is 0 Å². The molecule has 6 heteroatoms. The van der Waals surface area contributed by atoms with Gasteiger partial charge < -0.3 is 16.0 Å². The number of aromatic nitrogens is 2. The van der Waals surface area contributed by atoms with Crippen LogP contribution in [0.5, 0.6) is 0 Å². The minimum Gasteiger partial charge on any atom is -0.353 e. The van der Waals surface area contributed by atoms with E-state index >= 15 is 0 Å². The molecule has 0 spiro atoms. The first-order chi connectivity index (χ1) is 9.63. The summed E-state index contributed by atoms with van der Waals surface area (Å²) >= 11 is 0. The largest absolute Gasteiger partial charge is 0.353 e. The molecule has 1 aromatic rings. The van der Waals surface area contributed by atoms with Crippen molar-refractivity contribution in [2.45, 2.75) is 46.2 Å². The molecule has 0 aromatic carbocycles. The Morgan fingerprint density at radius 2 is 2.05 bits per heavy atom. The molecule has 0 radical (unpaired) electrons. The normalized spacial score (nSPS) is 19.1. The summed E-state index contributed by atoms with van der Waals surface area (Å²) < 4.78 is 0. The number of hydrogen-bond donors (Lipinski definition) is 2. The average molecular weight is 277 g/mol. The van der Waals surface area contributed by atoms with Crippen molar-refractivity contribution in [3.63, 3.8) is 0 Å². The van der Waals surface area contributed by atoms with E-state index in [-0.39, 0.29) is 11.9 Å². The predicted molar refractivity (Wildman–Crippen MR) is 78.5 cm³/mol. The maximum absolute atomic E-state index is 11.8. The number of anilines is 1. The highest BCUT2D eigenvalue weighted by molar-refractivity contribution is 5.86. The van der Waals surface area contributed by atoms with Crippen molar-refractivity contribution >= 4 is 11.7 Å². The van der Waals surface area contributed by atoms with E-state index in [0.717, 1.165) is 36.5 Å². The first-order valence-corrected chi connectivity index (χ1v) is 7.25. The molecule has 1 saturated heterocycles. The van der Waals surface area contributed by atoms with Gasteiger partial charge in [-0.15, -0.1) is 5.10 Å². The lowest BCUT2D eigenvalue weighted by atomic mass is 10.0. The van der Waals surface area contributed by atoms with Crippen LogP contribution in [0.2, 0.25) is 0 Å². The molecular weight excluding hydrogens is 254 g/mol. The minimum atomic E-state index is -0.236. The third kappa shape index (κ3) is 2.47. The average Bonchev–Trinajstić information content (AvgIpc) is 2.48. The van der Waals surface area contributed by atoms with Crippen LogP contribution in [0.4, 0.5) is 5.82 Å². The zero-order valence-corrected chi connectivity index (χ0v) is 12.4. The van der Waals surface area contributed by atoms with E-state index in [2.05, 4.69) is 29.4 Å². The van der Waals surface area contributed by atoms with Gasteiger partial charge in [0.1, 0.15) is 6.04 Å². The van der Waals surface area contributed by atoms with Crippen LogP contribution in [0.3, 0.4) is 0 Å². The molecule has 3 N–H and O–H groups in total. The van der Waals surface area contributed by atoms with E-state index in [1.54, 1.807) is 0 Å². The number of rotatable bonds is 4. The summed E-state index contributed by atoms with van der Waals surface area (Å²) in [4.78, 5) is 13.8. The topological polar surface area (TPSA) is 84.1 Å². The van der Waals surface area contributed by atoms with Gasteiger partial charge in [0.25, 0.3) is 0 Å². The fourth-order valence-electron chi connectivity index (χ4n) is 2.76. The molecular formula is C14H23N5O. The van der Waals surface area contributed by atoms with Crippen molar-refractivity contribution in [3.8, 4) is 0 Å². The first-order valence-electron chi connectivity index (χ1n) is 7.25. The Morgan fingerprint density at radius 3 is 2.65 bits per heavy atom. The van der Waals surface area contributed by atoms with Crippen molar-refractivity contribution in [2.24, 2.45) is 5.73 Å². The number of aryl methyl sites for hydroxylation is 1. The first kappa shape index (κ1) is 14.7. The third-order valence-corrected chi connectivity index (χ3v) is 3.91. The number of amides is 1. The van der Waals surface area contributed by atoms with Gasteiger partial charge in [0.05, 0.1) is 5.69 Å². The molecule has 2 heterocycles. The number of carbonyl (C=O) groups excluding carboxylic acids is 1. The zero-order chi connectivity index (χ0) is 14.7. The number of hydrogen-bond acceptors (Lipinski definition) is 5. The lowest BCUT2D eigenvalue weighted by Crippen LogP contribution is -2.54. The number of nitrogens with zero attached hydrogens (tertiary/aromatic N) is 3. The van der Waals surface area contributed by atoms with E-state index in [4.69, 9.17) is 5.73 Å². The molecule has 1 aliphatic heterocycles. The Balaban J connectivity index is 2.48. The number of carbonyl (C=O) groups is 1. The molecule has 1 aromatic heterocycles. The van der Waals surface area contributed by atoms with Crippen molar-refractivity contribution in [1.82, 2.24) is 15.5 Å². The Kier molecular flexibility index (Phi) is 4.54. The molecule has 1 fully saturated rings. The van der Waals surface area contributed by atoms with Gasteiger partial charge in [0, 0.05) is 25.2 Å². The molecule has 0 saturated carbocycles. The van der Waals surface area contributed by atoms with Crippen molar-refractivity contribution in [3.05, 3.63) is 16.8 Å². The Bertz CT molecular complexity index is 503. The van der Waals surface area contributed by atoms with E-state index in [9.17, 15) is 4.79 Å². The molecule has 0 bridgehead atoms. The Labute approximate surface area is 119 Å². The lowest BCUT2D eigenvalue weighted by Gasteiger charge is -2.35. The van der Waals surface area contributed by atoms with E-state index in [1.807, 2.05) is 11.8 Å². The monoisotopic (exact) mass is 277 g/mol. The summed E-state index contributed by atoms with van der Waals surface area (Å²) in [6, 6.07) is -0.236. The standard InChI is InChI=1S/C14H23N5O/c1-4-10-11(8-15)13(18-17-12(10)5-2)19-7-6-16-14(20)9(19)3/h9H,4-8,15H2,1-3H3,(H,16,20). The Hall–Kier alpha value is -1.69. The molecule has 6 nitrogen and oxygen atoms in total. The van der Waals surface area contributed by atoms with Crippen LogP contribution in [0.1, 0.15) is 37.6 Å². The van der Waals surface area contributed by atoms with Crippen LogP contribution in [-0.4, -0.2) is 35.2 Å². The number of nitrogens with one attached hydrogen (secondary N) is 1.